The first kappa shape index (κ1) is 22.4. The van der Waals surface area contributed by atoms with Crippen LogP contribution >= 0.6 is 11.6 Å². The van der Waals surface area contributed by atoms with Crippen molar-refractivity contribution in [2.75, 3.05) is 7.11 Å². The van der Waals surface area contributed by atoms with Crippen molar-refractivity contribution in [2.24, 2.45) is 0 Å². The second-order valence-corrected chi connectivity index (χ2v) is 6.80. The summed E-state index contributed by atoms with van der Waals surface area (Å²) in [4.78, 5) is 23.2. The predicted molar refractivity (Wildman–Crippen MR) is 105 cm³/mol. The fourth-order valence-corrected chi connectivity index (χ4v) is 2.97. The van der Waals surface area contributed by atoms with Crippen molar-refractivity contribution in [3.8, 4) is 0 Å². The molecule has 0 radical (unpaired) electrons. The third-order valence-corrected chi connectivity index (χ3v) is 4.52. The molecule has 0 bridgehead atoms. The number of ether oxygens (including phenoxy) is 1. The van der Waals surface area contributed by atoms with Gasteiger partial charge in [0.15, 0.2) is 0 Å². The Labute approximate surface area is 161 Å². The summed E-state index contributed by atoms with van der Waals surface area (Å²) in [5, 5.41) is 10.9. The molecule has 1 aliphatic carbocycles. The van der Waals surface area contributed by atoms with E-state index in [1.807, 2.05) is 18.2 Å². The zero-order chi connectivity index (χ0) is 19.4. The van der Waals surface area contributed by atoms with Crippen molar-refractivity contribution in [2.45, 2.75) is 63.9 Å². The largest absolute Gasteiger partial charge is 0.469 e. The number of unbranched alkanes of at least 4 members (excludes halogenated alkanes) is 4. The van der Waals surface area contributed by atoms with E-state index >= 15 is 0 Å². The van der Waals surface area contributed by atoms with E-state index in [0.717, 1.165) is 12.8 Å². The van der Waals surface area contributed by atoms with Crippen molar-refractivity contribution in [1.82, 2.24) is 0 Å². The third kappa shape index (κ3) is 7.30. The van der Waals surface area contributed by atoms with Crippen LogP contribution in [0.3, 0.4) is 0 Å². The molecular weight excluding hydrogens is 352 g/mol. The highest BCUT2D eigenvalue weighted by atomic mass is 35.5. The number of halogens is 1. The highest BCUT2D eigenvalue weighted by molar-refractivity contribution is 6.46. The van der Waals surface area contributed by atoms with E-state index in [2.05, 4.69) is 11.7 Å². The standard InChI is InChI=1S/C21H29ClO4/c1-3-4-5-6-9-12-15-21(25)16-18(22)20(24)17(21)13-10-7-8-11-14-19(23)26-2/h7,9-10,12-13,16,25H,3-6,8,11,14-15H2,1-2H3/b10-7+,12-9-,17-13+/t21-/m1/s1. The Hall–Kier alpha value is -1.65. The summed E-state index contributed by atoms with van der Waals surface area (Å²) >= 11 is 5.95. The molecule has 0 aliphatic heterocycles. The zero-order valence-corrected chi connectivity index (χ0v) is 16.4. The van der Waals surface area contributed by atoms with Gasteiger partial charge in [-0.15, -0.1) is 0 Å². The minimum Gasteiger partial charge on any atom is -0.469 e. The minimum absolute atomic E-state index is 0.0530. The monoisotopic (exact) mass is 380 g/mol. The lowest BCUT2D eigenvalue weighted by molar-refractivity contribution is -0.140. The van der Waals surface area contributed by atoms with Crippen LogP contribution in [0.1, 0.15) is 58.3 Å². The van der Waals surface area contributed by atoms with E-state index in [0.29, 0.717) is 25.7 Å². The number of aliphatic hydroxyl groups is 1. The van der Waals surface area contributed by atoms with Gasteiger partial charge in [-0.3, -0.25) is 9.59 Å². The zero-order valence-electron chi connectivity index (χ0n) is 15.7. The molecule has 1 atom stereocenters. The SMILES string of the molecule is CCCCC/C=C\C[C@@]1(O)C=C(Cl)C(=O)/C1=C\C=C\CCCC(=O)OC. The van der Waals surface area contributed by atoms with E-state index in [1.165, 1.54) is 26.0 Å². The molecule has 0 aromatic rings. The summed E-state index contributed by atoms with van der Waals surface area (Å²) in [7, 11) is 1.37. The fraction of sp³-hybridized carbons (Fsp3) is 0.524. The maximum Gasteiger partial charge on any atom is 0.305 e. The third-order valence-electron chi connectivity index (χ3n) is 4.24. The summed E-state index contributed by atoms with van der Waals surface area (Å²) in [6.07, 6.45) is 17.0. The molecule has 5 heteroatoms. The van der Waals surface area contributed by atoms with E-state index < -0.39 is 5.60 Å². The molecule has 1 rings (SSSR count). The minimum atomic E-state index is -1.36. The van der Waals surface area contributed by atoms with Crippen LogP contribution in [0.25, 0.3) is 0 Å². The van der Waals surface area contributed by atoms with E-state index in [4.69, 9.17) is 11.6 Å². The Bertz CT molecular complexity index is 601. The van der Waals surface area contributed by atoms with Gasteiger partial charge in [-0.1, -0.05) is 61.7 Å². The van der Waals surface area contributed by atoms with Gasteiger partial charge in [0.1, 0.15) is 5.60 Å². The lowest BCUT2D eigenvalue weighted by Gasteiger charge is -2.20. The Balaban J connectivity index is 2.62. The summed E-state index contributed by atoms with van der Waals surface area (Å²) in [6, 6.07) is 0. The van der Waals surface area contributed by atoms with Crippen molar-refractivity contribution in [3.63, 3.8) is 0 Å². The number of hydrogen-bond donors (Lipinski definition) is 1. The molecule has 0 saturated carbocycles. The number of methoxy groups -OCH3 is 1. The summed E-state index contributed by atoms with van der Waals surface area (Å²) in [5.74, 6) is -0.577. The smallest absolute Gasteiger partial charge is 0.305 e. The van der Waals surface area contributed by atoms with Gasteiger partial charge in [0.25, 0.3) is 0 Å². The lowest BCUT2D eigenvalue weighted by Crippen LogP contribution is -2.27. The van der Waals surface area contributed by atoms with Gasteiger partial charge in [-0.05, 0) is 31.8 Å². The molecule has 0 fully saturated rings. The van der Waals surface area contributed by atoms with Crippen LogP contribution in [0.15, 0.2) is 47.1 Å². The topological polar surface area (TPSA) is 63.6 Å². The van der Waals surface area contributed by atoms with Gasteiger partial charge in [0.05, 0.1) is 12.1 Å². The summed E-state index contributed by atoms with van der Waals surface area (Å²) < 4.78 is 4.58. The van der Waals surface area contributed by atoms with Gasteiger partial charge >= 0.3 is 5.97 Å². The Morgan fingerprint density at radius 2 is 1.96 bits per heavy atom. The molecular formula is C21H29ClO4. The highest BCUT2D eigenvalue weighted by Gasteiger charge is 2.40. The molecule has 0 amide bonds. The normalized spacial score (nSPS) is 21.9. The van der Waals surface area contributed by atoms with Crippen molar-refractivity contribution < 1.29 is 19.4 Å². The average molecular weight is 381 g/mol. The van der Waals surface area contributed by atoms with Gasteiger partial charge in [-0.25, -0.2) is 0 Å². The Morgan fingerprint density at radius 1 is 1.23 bits per heavy atom. The first-order chi connectivity index (χ1) is 12.4. The number of Topliss-reactive ketones (excluding diaryl/α,β-unsaturated/α-hetero) is 1. The molecule has 0 aromatic heterocycles. The number of rotatable bonds is 11. The maximum atomic E-state index is 12.2. The number of allylic oxidation sites excluding steroid dienone is 5. The maximum absolute atomic E-state index is 12.2. The second-order valence-electron chi connectivity index (χ2n) is 6.39. The Morgan fingerprint density at radius 3 is 2.65 bits per heavy atom. The number of carbonyl (C=O) groups excluding carboxylic acids is 2. The first-order valence-electron chi connectivity index (χ1n) is 9.19. The first-order valence-corrected chi connectivity index (χ1v) is 9.57. The lowest BCUT2D eigenvalue weighted by atomic mass is 9.92. The van der Waals surface area contributed by atoms with Gasteiger partial charge in [0, 0.05) is 18.4 Å². The number of hydrogen-bond acceptors (Lipinski definition) is 4. The van der Waals surface area contributed by atoms with Crippen LogP contribution in [-0.2, 0) is 14.3 Å². The fourth-order valence-electron chi connectivity index (χ4n) is 2.69. The molecule has 0 aromatic carbocycles. The van der Waals surface area contributed by atoms with Crippen molar-refractivity contribution in [3.05, 3.63) is 47.1 Å². The molecule has 0 heterocycles. The number of esters is 1. The predicted octanol–water partition coefficient (Wildman–Crippen LogP) is 4.78. The van der Waals surface area contributed by atoms with Crippen LogP contribution in [0.2, 0.25) is 0 Å². The molecule has 0 saturated heterocycles. The van der Waals surface area contributed by atoms with Gasteiger partial charge in [0.2, 0.25) is 5.78 Å². The Kier molecular flexibility index (Phi) is 10.2. The number of carbonyl (C=O) groups is 2. The number of ketones is 1. The highest BCUT2D eigenvalue weighted by Crippen LogP contribution is 2.35. The van der Waals surface area contributed by atoms with Crippen molar-refractivity contribution >= 4 is 23.4 Å². The van der Waals surface area contributed by atoms with Crippen LogP contribution in [0.4, 0.5) is 0 Å². The van der Waals surface area contributed by atoms with Crippen LogP contribution in [0, 0.1) is 0 Å². The van der Waals surface area contributed by atoms with E-state index in [1.54, 1.807) is 12.2 Å². The van der Waals surface area contributed by atoms with Gasteiger partial charge < -0.3 is 9.84 Å². The summed E-state index contributed by atoms with van der Waals surface area (Å²) in [6.45, 7) is 2.16. The quantitative estimate of drug-likeness (QED) is 0.242. The second kappa shape index (κ2) is 11.9. The van der Waals surface area contributed by atoms with Gasteiger partial charge in [-0.2, -0.15) is 0 Å². The van der Waals surface area contributed by atoms with Crippen LogP contribution in [0.5, 0.6) is 0 Å². The van der Waals surface area contributed by atoms with Crippen LogP contribution < -0.4 is 0 Å². The molecule has 1 N–H and O–H groups in total. The molecule has 0 spiro atoms. The molecule has 26 heavy (non-hydrogen) atoms. The molecule has 0 unspecified atom stereocenters. The van der Waals surface area contributed by atoms with E-state index in [-0.39, 0.29) is 22.4 Å². The molecule has 1 aliphatic rings. The summed E-state index contributed by atoms with van der Waals surface area (Å²) in [5.41, 5.74) is -1.07. The van der Waals surface area contributed by atoms with Crippen LogP contribution in [-0.4, -0.2) is 29.6 Å². The average Bonchev–Trinajstić information content (AvgIpc) is 2.83. The molecule has 4 nitrogen and oxygen atoms in total. The van der Waals surface area contributed by atoms with E-state index in [9.17, 15) is 14.7 Å². The molecule has 144 valence electrons. The van der Waals surface area contributed by atoms with Crippen molar-refractivity contribution in [1.29, 1.82) is 0 Å².